The van der Waals surface area contributed by atoms with E-state index in [0.717, 1.165) is 5.76 Å². The van der Waals surface area contributed by atoms with Gasteiger partial charge >= 0.3 is 5.97 Å². The quantitative estimate of drug-likeness (QED) is 0.615. The van der Waals surface area contributed by atoms with Gasteiger partial charge in [0.05, 0.1) is 19.4 Å². The molecule has 0 saturated carbocycles. The van der Waals surface area contributed by atoms with E-state index in [4.69, 9.17) is 30.8 Å². The smallest absolute Gasteiger partial charge is 0.305 e. The summed E-state index contributed by atoms with van der Waals surface area (Å²) in [6.07, 6.45) is 0.564. The van der Waals surface area contributed by atoms with Crippen LogP contribution in [0.3, 0.4) is 0 Å². The predicted molar refractivity (Wildman–Crippen MR) is 72.5 cm³/mol. The number of carbonyl (C=O) groups excluding carboxylic acids is 1. The van der Waals surface area contributed by atoms with E-state index < -0.39 is 12.3 Å². The van der Waals surface area contributed by atoms with Crippen molar-refractivity contribution >= 4 is 23.3 Å². The van der Waals surface area contributed by atoms with Gasteiger partial charge in [-0.1, -0.05) is 0 Å². The maximum absolute atomic E-state index is 10.8. The number of esters is 1. The van der Waals surface area contributed by atoms with Gasteiger partial charge in [0.25, 0.3) is 0 Å². The number of hydrogen-bond donors (Lipinski definition) is 2. The molecule has 0 aromatic carbocycles. The topological polar surface area (TPSA) is 82.0 Å². The maximum Gasteiger partial charge on any atom is 0.305 e. The Bertz CT molecular complexity index is 443. The SMILES string of the molecule is CC(=O)O[C@@H]1CO[C@H](NC(=S)NCc2ccco2)CO1. The number of nitrogens with one attached hydrogen (secondary N) is 2. The molecule has 1 fully saturated rings. The van der Waals surface area contributed by atoms with Gasteiger partial charge in [-0.25, -0.2) is 0 Å². The highest BCUT2D eigenvalue weighted by atomic mass is 32.1. The third-order valence-electron chi connectivity index (χ3n) is 2.46. The Morgan fingerprint density at radius 1 is 1.50 bits per heavy atom. The molecule has 0 bridgehead atoms. The average molecular weight is 300 g/mol. The largest absolute Gasteiger partial charge is 0.467 e. The van der Waals surface area contributed by atoms with Crippen LogP contribution < -0.4 is 10.6 Å². The first kappa shape index (κ1) is 14.8. The van der Waals surface area contributed by atoms with Crippen molar-refractivity contribution in [2.75, 3.05) is 13.2 Å². The highest BCUT2D eigenvalue weighted by Gasteiger charge is 2.24. The molecule has 1 saturated heterocycles. The van der Waals surface area contributed by atoms with Crippen molar-refractivity contribution in [2.45, 2.75) is 26.0 Å². The van der Waals surface area contributed by atoms with Crippen molar-refractivity contribution in [3.8, 4) is 0 Å². The molecule has 2 atom stereocenters. The van der Waals surface area contributed by atoms with Crippen LogP contribution in [0, 0.1) is 0 Å². The molecule has 1 aromatic rings. The summed E-state index contributed by atoms with van der Waals surface area (Å²) in [6.45, 7) is 2.21. The zero-order chi connectivity index (χ0) is 14.4. The molecule has 20 heavy (non-hydrogen) atoms. The number of furan rings is 1. The third-order valence-corrected chi connectivity index (χ3v) is 2.72. The van der Waals surface area contributed by atoms with E-state index in [1.807, 2.05) is 6.07 Å². The Labute approximate surface area is 121 Å². The van der Waals surface area contributed by atoms with Gasteiger partial charge in [0, 0.05) is 6.92 Å². The van der Waals surface area contributed by atoms with Crippen molar-refractivity contribution in [3.63, 3.8) is 0 Å². The van der Waals surface area contributed by atoms with Gasteiger partial charge in [0.15, 0.2) is 11.3 Å². The van der Waals surface area contributed by atoms with Crippen LogP contribution in [0.2, 0.25) is 0 Å². The van der Waals surface area contributed by atoms with Crippen molar-refractivity contribution < 1.29 is 23.4 Å². The Morgan fingerprint density at radius 2 is 2.35 bits per heavy atom. The van der Waals surface area contributed by atoms with Crippen molar-refractivity contribution in [1.29, 1.82) is 0 Å². The Kier molecular flexibility index (Phi) is 5.33. The van der Waals surface area contributed by atoms with Gasteiger partial charge in [0.2, 0.25) is 6.29 Å². The Balaban J connectivity index is 1.64. The average Bonchev–Trinajstić information content (AvgIpc) is 2.91. The third kappa shape index (κ3) is 4.80. The first-order chi connectivity index (χ1) is 9.63. The second-order valence-electron chi connectivity index (χ2n) is 4.10. The summed E-state index contributed by atoms with van der Waals surface area (Å²) in [5.41, 5.74) is 0. The van der Waals surface area contributed by atoms with E-state index in [1.165, 1.54) is 6.92 Å². The van der Waals surface area contributed by atoms with Crippen LogP contribution in [0.5, 0.6) is 0 Å². The Hall–Kier alpha value is -1.64. The van der Waals surface area contributed by atoms with Crippen LogP contribution in [0.4, 0.5) is 0 Å². The van der Waals surface area contributed by atoms with E-state index in [2.05, 4.69) is 10.6 Å². The van der Waals surface area contributed by atoms with E-state index in [-0.39, 0.29) is 19.4 Å². The lowest BCUT2D eigenvalue weighted by molar-refractivity contribution is -0.232. The first-order valence-corrected chi connectivity index (χ1v) is 6.51. The summed E-state index contributed by atoms with van der Waals surface area (Å²) in [5, 5.41) is 6.36. The van der Waals surface area contributed by atoms with E-state index >= 15 is 0 Å². The molecule has 110 valence electrons. The maximum atomic E-state index is 10.8. The van der Waals surface area contributed by atoms with Crippen LogP contribution in [0.25, 0.3) is 0 Å². The zero-order valence-corrected chi connectivity index (χ0v) is 11.8. The minimum Gasteiger partial charge on any atom is -0.467 e. The molecule has 0 radical (unpaired) electrons. The van der Waals surface area contributed by atoms with E-state index in [9.17, 15) is 4.79 Å². The molecular formula is C12H16N2O5S. The van der Waals surface area contributed by atoms with Gasteiger partial charge in [-0.3, -0.25) is 4.79 Å². The monoisotopic (exact) mass is 300 g/mol. The lowest BCUT2D eigenvalue weighted by atomic mass is 10.4. The highest BCUT2D eigenvalue weighted by Crippen LogP contribution is 2.07. The fourth-order valence-electron chi connectivity index (χ4n) is 1.60. The van der Waals surface area contributed by atoms with Crippen LogP contribution in [-0.4, -0.2) is 36.8 Å². The number of carbonyl (C=O) groups is 1. The van der Waals surface area contributed by atoms with E-state index in [1.54, 1.807) is 12.3 Å². The van der Waals surface area contributed by atoms with Crippen LogP contribution in [-0.2, 0) is 25.5 Å². The van der Waals surface area contributed by atoms with Gasteiger partial charge in [-0.05, 0) is 24.4 Å². The van der Waals surface area contributed by atoms with Crippen molar-refractivity contribution in [3.05, 3.63) is 24.2 Å². The molecule has 2 N–H and O–H groups in total. The molecular weight excluding hydrogens is 284 g/mol. The minimum absolute atomic E-state index is 0.165. The molecule has 1 aliphatic heterocycles. The molecule has 2 rings (SSSR count). The molecule has 1 aromatic heterocycles. The summed E-state index contributed by atoms with van der Waals surface area (Å²) < 4.78 is 20.8. The molecule has 8 heteroatoms. The first-order valence-electron chi connectivity index (χ1n) is 6.10. The van der Waals surface area contributed by atoms with Crippen molar-refractivity contribution in [2.24, 2.45) is 0 Å². The van der Waals surface area contributed by atoms with Crippen LogP contribution in [0.1, 0.15) is 12.7 Å². The molecule has 0 unspecified atom stereocenters. The number of rotatable bonds is 4. The predicted octanol–water partition coefficient (Wildman–Crippen LogP) is 0.506. The standard InChI is InChI=1S/C12H16N2O5S/c1-8(15)19-11-7-17-10(6-18-11)14-12(20)13-5-9-3-2-4-16-9/h2-4,10-11H,5-7H2,1H3,(H2,13,14,20)/t10-,11+/m0/s1. The Morgan fingerprint density at radius 3 is 2.95 bits per heavy atom. The minimum atomic E-state index is -0.657. The van der Waals surface area contributed by atoms with Gasteiger partial charge in [-0.15, -0.1) is 0 Å². The van der Waals surface area contributed by atoms with Gasteiger partial charge < -0.3 is 29.3 Å². The molecule has 0 aliphatic carbocycles. The fourth-order valence-corrected chi connectivity index (χ4v) is 1.80. The summed E-state index contributed by atoms with van der Waals surface area (Å²) in [7, 11) is 0. The normalized spacial score (nSPS) is 22.1. The zero-order valence-electron chi connectivity index (χ0n) is 11.0. The molecule has 0 amide bonds. The summed E-state index contributed by atoms with van der Waals surface area (Å²) in [6, 6.07) is 3.65. The second-order valence-corrected chi connectivity index (χ2v) is 4.51. The van der Waals surface area contributed by atoms with Crippen LogP contribution >= 0.6 is 12.2 Å². The second kappa shape index (κ2) is 7.22. The number of hydrogen-bond acceptors (Lipinski definition) is 6. The lowest BCUT2D eigenvalue weighted by Gasteiger charge is -2.29. The van der Waals surface area contributed by atoms with Gasteiger partial charge in [0.1, 0.15) is 12.4 Å². The number of thiocarbonyl (C=S) groups is 1. The summed E-state index contributed by atoms with van der Waals surface area (Å²) in [5.74, 6) is 0.380. The molecule has 1 aliphatic rings. The van der Waals surface area contributed by atoms with Gasteiger partial charge in [-0.2, -0.15) is 0 Å². The summed E-state index contributed by atoms with van der Waals surface area (Å²) in [4.78, 5) is 10.8. The summed E-state index contributed by atoms with van der Waals surface area (Å²) >= 11 is 5.12. The van der Waals surface area contributed by atoms with Crippen molar-refractivity contribution in [1.82, 2.24) is 10.6 Å². The number of ether oxygens (including phenoxy) is 3. The lowest BCUT2D eigenvalue weighted by Crippen LogP contribution is -2.50. The van der Waals surface area contributed by atoms with E-state index in [0.29, 0.717) is 11.7 Å². The van der Waals surface area contributed by atoms with Crippen LogP contribution in [0.15, 0.2) is 22.8 Å². The molecule has 0 spiro atoms. The fraction of sp³-hybridized carbons (Fsp3) is 0.500. The highest BCUT2D eigenvalue weighted by molar-refractivity contribution is 7.80. The molecule has 7 nitrogen and oxygen atoms in total. The molecule has 2 heterocycles.